The molecule has 0 saturated heterocycles. The van der Waals surface area contributed by atoms with Crippen LogP contribution in [0.3, 0.4) is 0 Å². The molecule has 0 amide bonds. The van der Waals surface area contributed by atoms with Crippen molar-refractivity contribution in [2.75, 3.05) is 0 Å². The van der Waals surface area contributed by atoms with Gasteiger partial charge in [0.05, 0.1) is 5.84 Å². The Morgan fingerprint density at radius 3 is 1.93 bits per heavy atom. The average molecular weight is 202 g/mol. The van der Waals surface area contributed by atoms with Crippen LogP contribution in [-0.2, 0) is 0 Å². The zero-order valence-electron chi connectivity index (χ0n) is 9.54. The SMILES string of the molecule is CC(C)(C)C1c2ccc(cc2)C1C(=N)N. The normalized spacial score (nSPS) is 24.2. The first-order chi connectivity index (χ1) is 6.91. The van der Waals surface area contributed by atoms with Gasteiger partial charge in [0, 0.05) is 11.8 Å². The molecule has 3 N–H and O–H groups in total. The van der Waals surface area contributed by atoms with Crippen molar-refractivity contribution >= 4 is 5.84 Å². The van der Waals surface area contributed by atoms with Gasteiger partial charge in [0.2, 0.25) is 0 Å². The van der Waals surface area contributed by atoms with Crippen molar-refractivity contribution in [3.8, 4) is 0 Å². The van der Waals surface area contributed by atoms with Crippen LogP contribution in [0, 0.1) is 10.8 Å². The first-order valence-electron chi connectivity index (χ1n) is 5.35. The van der Waals surface area contributed by atoms with E-state index in [0.29, 0.717) is 5.92 Å². The van der Waals surface area contributed by atoms with Gasteiger partial charge in [-0.15, -0.1) is 0 Å². The number of rotatable bonds is 1. The molecule has 2 bridgehead atoms. The number of benzene rings is 1. The predicted octanol–water partition coefficient (Wildman–Crippen LogP) is 2.85. The zero-order chi connectivity index (χ0) is 11.2. The van der Waals surface area contributed by atoms with Gasteiger partial charge in [0.1, 0.15) is 0 Å². The van der Waals surface area contributed by atoms with Crippen molar-refractivity contribution in [2.24, 2.45) is 11.1 Å². The quantitative estimate of drug-likeness (QED) is 0.534. The minimum absolute atomic E-state index is 0.0787. The summed E-state index contributed by atoms with van der Waals surface area (Å²) in [5.41, 5.74) is 8.35. The highest BCUT2D eigenvalue weighted by atomic mass is 14.7. The van der Waals surface area contributed by atoms with E-state index < -0.39 is 0 Å². The van der Waals surface area contributed by atoms with Crippen molar-refractivity contribution in [1.29, 1.82) is 5.41 Å². The van der Waals surface area contributed by atoms with Crippen LogP contribution in [0.4, 0.5) is 0 Å². The van der Waals surface area contributed by atoms with E-state index in [1.54, 1.807) is 0 Å². The summed E-state index contributed by atoms with van der Waals surface area (Å²) in [5, 5.41) is 7.73. The summed E-state index contributed by atoms with van der Waals surface area (Å²) in [7, 11) is 0. The molecule has 15 heavy (non-hydrogen) atoms. The number of hydrogen-bond donors (Lipinski definition) is 2. The molecule has 0 aromatic heterocycles. The van der Waals surface area contributed by atoms with E-state index in [-0.39, 0.29) is 17.2 Å². The number of nitrogens with two attached hydrogens (primary N) is 1. The highest BCUT2D eigenvalue weighted by molar-refractivity contribution is 5.86. The van der Waals surface area contributed by atoms with Crippen molar-refractivity contribution < 1.29 is 0 Å². The summed E-state index contributed by atoms with van der Waals surface area (Å²) in [6, 6.07) is 8.49. The molecule has 2 heteroatoms. The summed E-state index contributed by atoms with van der Waals surface area (Å²) in [6.07, 6.45) is 0. The molecule has 2 nitrogen and oxygen atoms in total. The van der Waals surface area contributed by atoms with Gasteiger partial charge in [-0.25, -0.2) is 0 Å². The van der Waals surface area contributed by atoms with Gasteiger partial charge in [0.15, 0.2) is 0 Å². The fourth-order valence-electron chi connectivity index (χ4n) is 2.65. The third-order valence-corrected chi connectivity index (χ3v) is 3.26. The second kappa shape index (κ2) is 3.09. The van der Waals surface area contributed by atoms with Gasteiger partial charge >= 0.3 is 0 Å². The minimum atomic E-state index is 0.0787. The Bertz CT molecular complexity index is 384. The molecule has 0 fully saturated rings. The van der Waals surface area contributed by atoms with E-state index in [9.17, 15) is 0 Å². The van der Waals surface area contributed by atoms with E-state index in [0.717, 1.165) is 0 Å². The topological polar surface area (TPSA) is 49.9 Å². The molecule has 0 spiro atoms. The molecule has 2 aliphatic carbocycles. The van der Waals surface area contributed by atoms with Gasteiger partial charge < -0.3 is 5.73 Å². The minimum Gasteiger partial charge on any atom is -0.387 e. The average Bonchev–Trinajstić information content (AvgIpc) is 2.16. The molecule has 0 aliphatic heterocycles. The maximum atomic E-state index is 7.73. The highest BCUT2D eigenvalue weighted by Crippen LogP contribution is 2.48. The lowest BCUT2D eigenvalue weighted by Crippen LogP contribution is -2.35. The van der Waals surface area contributed by atoms with Crippen LogP contribution in [-0.4, -0.2) is 5.84 Å². The van der Waals surface area contributed by atoms with Crippen LogP contribution in [0.2, 0.25) is 0 Å². The van der Waals surface area contributed by atoms with Crippen LogP contribution in [0.15, 0.2) is 24.3 Å². The zero-order valence-corrected chi connectivity index (χ0v) is 9.54. The predicted molar refractivity (Wildman–Crippen MR) is 63.3 cm³/mol. The third kappa shape index (κ3) is 1.54. The third-order valence-electron chi connectivity index (χ3n) is 3.26. The molecule has 2 aliphatic rings. The van der Waals surface area contributed by atoms with Crippen LogP contribution >= 0.6 is 0 Å². The Kier molecular flexibility index (Phi) is 2.10. The van der Waals surface area contributed by atoms with E-state index in [1.165, 1.54) is 11.1 Å². The molecule has 1 aromatic rings. The van der Waals surface area contributed by atoms with Crippen molar-refractivity contribution in [3.63, 3.8) is 0 Å². The van der Waals surface area contributed by atoms with Crippen molar-refractivity contribution in [2.45, 2.75) is 32.6 Å². The van der Waals surface area contributed by atoms with E-state index in [2.05, 4.69) is 45.0 Å². The number of amidine groups is 1. The summed E-state index contributed by atoms with van der Waals surface area (Å²) < 4.78 is 0. The molecule has 2 atom stereocenters. The van der Waals surface area contributed by atoms with Crippen LogP contribution < -0.4 is 5.73 Å². The molecule has 0 saturated carbocycles. The van der Waals surface area contributed by atoms with Gasteiger partial charge in [-0.3, -0.25) is 5.41 Å². The van der Waals surface area contributed by atoms with Crippen LogP contribution in [0.1, 0.15) is 43.7 Å². The maximum absolute atomic E-state index is 7.73. The molecular weight excluding hydrogens is 184 g/mol. The van der Waals surface area contributed by atoms with E-state index in [1.807, 2.05) is 0 Å². The van der Waals surface area contributed by atoms with Gasteiger partial charge in [0.25, 0.3) is 0 Å². The standard InChI is InChI=1S/C13H18N2/c1-13(2,3)11-9-6-4-8(5-7-9)10(11)12(14)15/h4-7,10-11H,1-3H3,(H3,14,15). The summed E-state index contributed by atoms with van der Waals surface area (Å²) in [5.74, 6) is 0.714. The number of hydrogen-bond acceptors (Lipinski definition) is 1. The Balaban J connectivity index is 2.52. The van der Waals surface area contributed by atoms with Gasteiger partial charge in [-0.1, -0.05) is 45.0 Å². The summed E-state index contributed by atoms with van der Waals surface area (Å²) in [6.45, 7) is 6.64. The number of nitrogens with one attached hydrogen (secondary N) is 1. The summed E-state index contributed by atoms with van der Waals surface area (Å²) >= 11 is 0. The fraction of sp³-hybridized carbons (Fsp3) is 0.462. The molecule has 3 rings (SSSR count). The smallest absolute Gasteiger partial charge is 0.0988 e. The first kappa shape index (κ1) is 10.2. The molecule has 0 radical (unpaired) electrons. The summed E-state index contributed by atoms with van der Waals surface area (Å²) in [4.78, 5) is 0. The lowest BCUT2D eigenvalue weighted by atomic mass is 9.64. The lowest BCUT2D eigenvalue weighted by Gasteiger charge is -2.40. The van der Waals surface area contributed by atoms with Crippen LogP contribution in [0.25, 0.3) is 0 Å². The van der Waals surface area contributed by atoms with Crippen molar-refractivity contribution in [3.05, 3.63) is 35.4 Å². The molecular formula is C13H18N2. The van der Waals surface area contributed by atoms with Gasteiger partial charge in [-0.05, 0) is 16.5 Å². The van der Waals surface area contributed by atoms with Crippen LogP contribution in [0.5, 0.6) is 0 Å². The lowest BCUT2D eigenvalue weighted by molar-refractivity contribution is 0.300. The maximum Gasteiger partial charge on any atom is 0.0988 e. The first-order valence-corrected chi connectivity index (χ1v) is 5.35. The molecule has 0 heterocycles. The monoisotopic (exact) mass is 202 g/mol. The van der Waals surface area contributed by atoms with Gasteiger partial charge in [-0.2, -0.15) is 0 Å². The molecule has 1 aromatic carbocycles. The second-order valence-corrected chi connectivity index (χ2v) is 5.44. The van der Waals surface area contributed by atoms with E-state index >= 15 is 0 Å². The highest BCUT2D eigenvalue weighted by Gasteiger charge is 2.38. The largest absolute Gasteiger partial charge is 0.387 e. The fourth-order valence-corrected chi connectivity index (χ4v) is 2.65. The second-order valence-electron chi connectivity index (χ2n) is 5.44. The Hall–Kier alpha value is -1.31. The Morgan fingerprint density at radius 2 is 1.60 bits per heavy atom. The Morgan fingerprint density at radius 1 is 1.13 bits per heavy atom. The molecule has 80 valence electrons. The number of fused-ring (bicyclic) bond motifs is 3. The van der Waals surface area contributed by atoms with Crippen molar-refractivity contribution in [1.82, 2.24) is 0 Å². The molecule has 2 unspecified atom stereocenters. The van der Waals surface area contributed by atoms with E-state index in [4.69, 9.17) is 11.1 Å². The Labute approximate surface area is 91.0 Å².